The highest BCUT2D eigenvalue weighted by atomic mass is 16.5. The Kier molecular flexibility index (Phi) is 7.20. The molecule has 0 aromatic heterocycles. The Labute approximate surface area is 200 Å². The molecule has 2 aromatic carbocycles. The first-order chi connectivity index (χ1) is 16.4. The van der Waals surface area contributed by atoms with Crippen LogP contribution in [0.1, 0.15) is 56.1 Å². The Hall–Kier alpha value is -3.35. The van der Waals surface area contributed by atoms with Gasteiger partial charge in [-0.3, -0.25) is 9.59 Å². The van der Waals surface area contributed by atoms with E-state index in [1.807, 2.05) is 43.3 Å². The summed E-state index contributed by atoms with van der Waals surface area (Å²) in [5.74, 6) is -0.889. The number of hydrogen-bond acceptors (Lipinski definition) is 4. The van der Waals surface area contributed by atoms with Crippen molar-refractivity contribution in [1.29, 1.82) is 0 Å². The van der Waals surface area contributed by atoms with E-state index in [0.717, 1.165) is 41.5 Å². The van der Waals surface area contributed by atoms with Crippen molar-refractivity contribution >= 4 is 18.0 Å². The molecule has 0 bridgehead atoms. The Bertz CT molecular complexity index is 1020. The van der Waals surface area contributed by atoms with Crippen molar-refractivity contribution in [2.45, 2.75) is 57.0 Å². The minimum absolute atomic E-state index is 0.0177. The third-order valence-electron chi connectivity index (χ3n) is 7.01. The minimum atomic E-state index is -1.01. The van der Waals surface area contributed by atoms with Crippen molar-refractivity contribution in [2.24, 2.45) is 5.92 Å². The molecular formula is C27H32N2O5. The number of fused-ring (bicyclic) bond motifs is 3. The number of carbonyl (C=O) groups is 3. The molecule has 2 unspecified atom stereocenters. The highest BCUT2D eigenvalue weighted by Crippen LogP contribution is 2.44. The van der Waals surface area contributed by atoms with Crippen LogP contribution in [0.5, 0.6) is 0 Å². The fraction of sp³-hybridized carbons (Fsp3) is 0.444. The van der Waals surface area contributed by atoms with E-state index in [0.29, 0.717) is 5.92 Å². The molecule has 2 aliphatic carbocycles. The number of alkyl carbamates (subject to hydrolysis) is 1. The van der Waals surface area contributed by atoms with Crippen molar-refractivity contribution in [1.82, 2.24) is 10.2 Å². The molecule has 2 atom stereocenters. The number of nitrogens with zero attached hydrogens (tertiary/aromatic N) is 1. The second-order valence-electron chi connectivity index (χ2n) is 9.22. The van der Waals surface area contributed by atoms with Gasteiger partial charge in [0.25, 0.3) is 0 Å². The second-order valence-corrected chi connectivity index (χ2v) is 9.22. The van der Waals surface area contributed by atoms with Gasteiger partial charge >= 0.3 is 12.1 Å². The molecule has 0 radical (unpaired) electrons. The van der Waals surface area contributed by atoms with Crippen LogP contribution in [0.25, 0.3) is 11.1 Å². The summed E-state index contributed by atoms with van der Waals surface area (Å²) < 4.78 is 5.59. The Morgan fingerprint density at radius 2 is 1.65 bits per heavy atom. The zero-order valence-electron chi connectivity index (χ0n) is 19.7. The maximum Gasteiger partial charge on any atom is 0.407 e. The van der Waals surface area contributed by atoms with Gasteiger partial charge in [0.1, 0.15) is 12.6 Å². The van der Waals surface area contributed by atoms with Crippen LogP contribution in [0.15, 0.2) is 48.5 Å². The topological polar surface area (TPSA) is 95.9 Å². The maximum atomic E-state index is 13.2. The van der Waals surface area contributed by atoms with Crippen molar-refractivity contribution in [3.8, 4) is 11.1 Å². The largest absolute Gasteiger partial charge is 0.481 e. The first-order valence-electron chi connectivity index (χ1n) is 12.0. The monoisotopic (exact) mass is 464 g/mol. The quantitative estimate of drug-likeness (QED) is 0.543. The Balaban J connectivity index is 1.43. The molecule has 0 spiro atoms. The van der Waals surface area contributed by atoms with Crippen LogP contribution in [0, 0.1) is 5.92 Å². The summed E-state index contributed by atoms with van der Waals surface area (Å²) in [6.07, 6.45) is 2.10. The van der Waals surface area contributed by atoms with Gasteiger partial charge in [-0.25, -0.2) is 4.79 Å². The SMILES string of the molecule is CCC(C1CC1)N(C)C(=O)C(CCC(=O)O)NC(=O)OCC1c2ccccc2-c2ccccc21. The van der Waals surface area contributed by atoms with Gasteiger partial charge in [-0.05, 0) is 53.9 Å². The van der Waals surface area contributed by atoms with Crippen LogP contribution in [-0.2, 0) is 14.3 Å². The number of ether oxygens (including phenoxy) is 1. The lowest BCUT2D eigenvalue weighted by Gasteiger charge is -2.31. The molecule has 0 saturated heterocycles. The van der Waals surface area contributed by atoms with Gasteiger partial charge in [0.2, 0.25) is 5.91 Å². The number of amides is 2. The van der Waals surface area contributed by atoms with Crippen LogP contribution >= 0.6 is 0 Å². The number of likely N-dealkylation sites (N-methyl/N-ethyl adjacent to an activating group) is 1. The second kappa shape index (κ2) is 10.3. The molecule has 0 aliphatic heterocycles. The molecule has 0 heterocycles. The number of rotatable bonds is 10. The average Bonchev–Trinajstić information content (AvgIpc) is 3.62. The van der Waals surface area contributed by atoms with E-state index >= 15 is 0 Å². The normalized spacial score (nSPS) is 16.2. The van der Waals surface area contributed by atoms with E-state index < -0.39 is 18.1 Å². The first kappa shape index (κ1) is 23.8. The fourth-order valence-corrected chi connectivity index (χ4v) is 5.12. The summed E-state index contributed by atoms with van der Waals surface area (Å²) in [4.78, 5) is 38.7. The van der Waals surface area contributed by atoms with Crippen LogP contribution in [0.3, 0.4) is 0 Å². The predicted molar refractivity (Wildman–Crippen MR) is 128 cm³/mol. The summed E-state index contributed by atoms with van der Waals surface area (Å²) in [5, 5.41) is 11.8. The van der Waals surface area contributed by atoms with Gasteiger partial charge in [0.05, 0.1) is 0 Å². The minimum Gasteiger partial charge on any atom is -0.481 e. The van der Waals surface area contributed by atoms with Gasteiger partial charge in [-0.1, -0.05) is 55.5 Å². The average molecular weight is 465 g/mol. The van der Waals surface area contributed by atoms with Crippen LogP contribution in [-0.4, -0.2) is 53.7 Å². The summed E-state index contributed by atoms with van der Waals surface area (Å²) in [5.41, 5.74) is 4.47. The highest BCUT2D eigenvalue weighted by molar-refractivity contribution is 5.86. The third-order valence-corrected chi connectivity index (χ3v) is 7.01. The number of carbonyl (C=O) groups excluding carboxylic acids is 2. The summed E-state index contributed by atoms with van der Waals surface area (Å²) in [6.45, 7) is 2.17. The van der Waals surface area contributed by atoms with Gasteiger partial charge in [-0.15, -0.1) is 0 Å². The maximum absolute atomic E-state index is 13.2. The number of nitrogens with one attached hydrogen (secondary N) is 1. The van der Waals surface area contributed by atoms with Gasteiger partial charge in [0, 0.05) is 25.4 Å². The van der Waals surface area contributed by atoms with Gasteiger partial charge in [0.15, 0.2) is 0 Å². The standard InChI is InChI=1S/C27H32N2O5/c1-3-24(17-12-13-17)29(2)26(32)23(14-15-25(30)31)28-27(33)34-16-22-20-10-6-4-8-18(20)19-9-5-7-11-21(19)22/h4-11,17,22-24H,3,12-16H2,1-2H3,(H,28,33)(H,30,31). The molecule has 1 fully saturated rings. The first-order valence-corrected chi connectivity index (χ1v) is 12.0. The smallest absolute Gasteiger partial charge is 0.407 e. The zero-order valence-corrected chi connectivity index (χ0v) is 19.7. The van der Waals surface area contributed by atoms with Crippen LogP contribution in [0.2, 0.25) is 0 Å². The lowest BCUT2D eigenvalue weighted by atomic mass is 9.98. The van der Waals surface area contributed by atoms with Crippen molar-refractivity contribution in [3.05, 3.63) is 59.7 Å². The third kappa shape index (κ3) is 5.08. The van der Waals surface area contributed by atoms with E-state index in [-0.39, 0.29) is 37.3 Å². The number of aliphatic carboxylic acids is 1. The number of carboxylic acids is 1. The number of hydrogen-bond donors (Lipinski definition) is 2. The van der Waals surface area contributed by atoms with Gasteiger partial charge in [-0.2, -0.15) is 0 Å². The van der Waals surface area contributed by atoms with Crippen molar-refractivity contribution < 1.29 is 24.2 Å². The Morgan fingerprint density at radius 1 is 1.06 bits per heavy atom. The molecule has 180 valence electrons. The summed E-state index contributed by atoms with van der Waals surface area (Å²) in [7, 11) is 1.74. The molecule has 2 aromatic rings. The summed E-state index contributed by atoms with van der Waals surface area (Å²) >= 11 is 0. The van der Waals surface area contributed by atoms with Gasteiger partial charge < -0.3 is 20.1 Å². The lowest BCUT2D eigenvalue weighted by Crippen LogP contribution is -2.51. The van der Waals surface area contributed by atoms with E-state index in [9.17, 15) is 14.4 Å². The van der Waals surface area contributed by atoms with E-state index in [4.69, 9.17) is 9.84 Å². The molecule has 4 rings (SSSR count). The molecule has 2 aliphatic rings. The van der Waals surface area contributed by atoms with E-state index in [1.165, 1.54) is 0 Å². The molecular weight excluding hydrogens is 432 g/mol. The number of carboxylic acid groups (broad SMARTS) is 1. The molecule has 7 nitrogen and oxygen atoms in total. The fourth-order valence-electron chi connectivity index (χ4n) is 5.12. The van der Waals surface area contributed by atoms with Crippen molar-refractivity contribution in [2.75, 3.05) is 13.7 Å². The number of benzene rings is 2. The predicted octanol–water partition coefficient (Wildman–Crippen LogP) is 4.41. The highest BCUT2D eigenvalue weighted by Gasteiger charge is 2.37. The van der Waals surface area contributed by atoms with E-state index in [1.54, 1.807) is 11.9 Å². The van der Waals surface area contributed by atoms with Crippen LogP contribution in [0.4, 0.5) is 4.79 Å². The summed E-state index contributed by atoms with van der Waals surface area (Å²) in [6, 6.07) is 15.3. The molecule has 2 amide bonds. The molecule has 1 saturated carbocycles. The van der Waals surface area contributed by atoms with Crippen molar-refractivity contribution in [3.63, 3.8) is 0 Å². The molecule has 34 heavy (non-hydrogen) atoms. The zero-order chi connectivity index (χ0) is 24.2. The molecule has 7 heteroatoms. The lowest BCUT2D eigenvalue weighted by molar-refractivity contribution is -0.138. The Morgan fingerprint density at radius 3 is 2.18 bits per heavy atom. The van der Waals surface area contributed by atoms with Crippen LogP contribution < -0.4 is 5.32 Å². The van der Waals surface area contributed by atoms with E-state index in [2.05, 4.69) is 17.4 Å². The molecule has 2 N–H and O–H groups in total.